The number of nitrogens with zero attached hydrogens (tertiary/aromatic N) is 3. The van der Waals surface area contributed by atoms with Gasteiger partial charge in [0.2, 0.25) is 5.75 Å². The number of fused-ring (bicyclic) bond motifs is 2. The second-order valence-electron chi connectivity index (χ2n) is 7.61. The number of carbonyl (C=O) groups excluding carboxylic acids is 3. The predicted molar refractivity (Wildman–Crippen MR) is 127 cm³/mol. The average Bonchev–Trinajstić information content (AvgIpc) is 3.12. The van der Waals surface area contributed by atoms with Crippen molar-refractivity contribution in [2.24, 2.45) is 5.10 Å². The van der Waals surface area contributed by atoms with Gasteiger partial charge in [-0.15, -0.1) is 0 Å². The predicted octanol–water partition coefficient (Wildman–Crippen LogP) is 4.60. The van der Waals surface area contributed by atoms with Gasteiger partial charge >= 0.3 is 11.7 Å². The number of hydrogen-bond acceptors (Lipinski definition) is 7. The molecule has 4 aromatic rings. The smallest absolute Gasteiger partial charge is 0.344 e. The van der Waals surface area contributed by atoms with Gasteiger partial charge in [-0.2, -0.15) is 10.1 Å². The molecule has 1 aliphatic rings. The van der Waals surface area contributed by atoms with E-state index in [1.165, 1.54) is 24.3 Å². The summed E-state index contributed by atoms with van der Waals surface area (Å²) in [5, 5.41) is 17.8. The minimum Gasteiger partial charge on any atom is -0.416 e. The molecule has 1 aliphatic heterocycles. The molecule has 0 atom stereocenters. The highest BCUT2D eigenvalue weighted by Crippen LogP contribution is 2.30. The van der Waals surface area contributed by atoms with Crippen LogP contribution in [0, 0.1) is 10.1 Å². The van der Waals surface area contributed by atoms with Crippen molar-refractivity contribution in [3.05, 3.63) is 117 Å². The highest BCUT2D eigenvalue weighted by atomic mass is 16.6. The average molecular weight is 465 g/mol. The van der Waals surface area contributed by atoms with Gasteiger partial charge in [-0.25, -0.2) is 4.79 Å². The molecule has 170 valence electrons. The Balaban J connectivity index is 1.41. The SMILES string of the molecule is O=C(Oc1ccc(/C=N\N2C(=O)c3ccccc3C2=O)cc1[N+](=O)[O-])c1cccc2ccccc12. The Morgan fingerprint density at radius 2 is 1.54 bits per heavy atom. The summed E-state index contributed by atoms with van der Waals surface area (Å²) in [4.78, 5) is 48.7. The number of esters is 1. The lowest BCUT2D eigenvalue weighted by Crippen LogP contribution is -2.24. The number of nitro groups is 1. The van der Waals surface area contributed by atoms with E-state index >= 15 is 0 Å². The number of hydrogen-bond donors (Lipinski definition) is 0. The summed E-state index contributed by atoms with van der Waals surface area (Å²) >= 11 is 0. The largest absolute Gasteiger partial charge is 0.416 e. The third kappa shape index (κ3) is 3.91. The Hall–Kier alpha value is -5.18. The molecule has 0 saturated carbocycles. The van der Waals surface area contributed by atoms with Gasteiger partial charge in [0, 0.05) is 11.6 Å². The second-order valence-corrected chi connectivity index (χ2v) is 7.61. The molecular formula is C26H15N3O6. The van der Waals surface area contributed by atoms with Crippen molar-refractivity contribution in [1.82, 2.24) is 5.01 Å². The van der Waals surface area contributed by atoms with Crippen LogP contribution in [0.4, 0.5) is 5.69 Å². The number of nitro benzene ring substituents is 1. The Kier molecular flexibility index (Phi) is 5.34. The van der Waals surface area contributed by atoms with Crippen LogP contribution in [0.5, 0.6) is 5.75 Å². The highest BCUT2D eigenvalue weighted by Gasteiger charge is 2.35. The van der Waals surface area contributed by atoms with Crippen molar-refractivity contribution in [2.45, 2.75) is 0 Å². The van der Waals surface area contributed by atoms with E-state index in [1.54, 1.807) is 36.4 Å². The first-order valence-electron chi connectivity index (χ1n) is 10.4. The first kappa shape index (κ1) is 21.7. The van der Waals surface area contributed by atoms with Crippen molar-refractivity contribution >= 4 is 40.5 Å². The minimum absolute atomic E-state index is 0.233. The molecule has 0 aliphatic carbocycles. The molecule has 1 heterocycles. The van der Waals surface area contributed by atoms with Crippen molar-refractivity contribution in [3.8, 4) is 5.75 Å². The zero-order chi connectivity index (χ0) is 24.5. The van der Waals surface area contributed by atoms with E-state index in [2.05, 4.69) is 5.10 Å². The van der Waals surface area contributed by atoms with E-state index in [4.69, 9.17) is 4.74 Å². The zero-order valence-corrected chi connectivity index (χ0v) is 18.0. The molecular weight excluding hydrogens is 450 g/mol. The van der Waals surface area contributed by atoms with Crippen molar-refractivity contribution in [1.29, 1.82) is 0 Å². The molecule has 35 heavy (non-hydrogen) atoms. The number of ether oxygens (including phenoxy) is 1. The monoisotopic (exact) mass is 465 g/mol. The van der Waals surface area contributed by atoms with Gasteiger partial charge in [0.05, 0.1) is 27.8 Å². The fraction of sp³-hybridized carbons (Fsp3) is 0. The molecule has 0 radical (unpaired) electrons. The van der Waals surface area contributed by atoms with Gasteiger partial charge < -0.3 is 4.74 Å². The number of imide groups is 1. The lowest BCUT2D eigenvalue weighted by atomic mass is 10.0. The van der Waals surface area contributed by atoms with E-state index < -0.39 is 28.4 Å². The molecule has 5 rings (SSSR count). The summed E-state index contributed by atoms with van der Waals surface area (Å²) < 4.78 is 5.37. The van der Waals surface area contributed by atoms with Gasteiger partial charge in [-0.3, -0.25) is 19.7 Å². The van der Waals surface area contributed by atoms with Crippen LogP contribution in [0.15, 0.2) is 90.0 Å². The third-order valence-electron chi connectivity index (χ3n) is 5.49. The van der Waals surface area contributed by atoms with Gasteiger partial charge in [-0.05, 0) is 41.1 Å². The summed E-state index contributed by atoms with van der Waals surface area (Å²) in [5.41, 5.74) is 0.504. The highest BCUT2D eigenvalue weighted by molar-refractivity contribution is 6.21. The van der Waals surface area contributed by atoms with Gasteiger partial charge in [0.25, 0.3) is 11.8 Å². The van der Waals surface area contributed by atoms with Crippen LogP contribution in [-0.2, 0) is 0 Å². The van der Waals surface area contributed by atoms with Gasteiger partial charge in [0.15, 0.2) is 0 Å². The zero-order valence-electron chi connectivity index (χ0n) is 18.0. The number of benzene rings is 4. The molecule has 0 N–H and O–H groups in total. The second kappa shape index (κ2) is 8.64. The first-order chi connectivity index (χ1) is 16.9. The molecule has 0 aromatic heterocycles. The Morgan fingerprint density at radius 3 is 2.26 bits per heavy atom. The minimum atomic E-state index is -0.739. The number of amides is 2. The molecule has 9 heteroatoms. The van der Waals surface area contributed by atoms with Crippen LogP contribution < -0.4 is 4.74 Å². The van der Waals surface area contributed by atoms with Crippen molar-refractivity contribution in [2.75, 3.05) is 0 Å². The molecule has 0 spiro atoms. The Morgan fingerprint density at radius 1 is 0.886 bits per heavy atom. The van der Waals surface area contributed by atoms with E-state index in [1.807, 2.05) is 18.2 Å². The fourth-order valence-corrected chi connectivity index (χ4v) is 3.81. The van der Waals surface area contributed by atoms with Gasteiger partial charge in [-0.1, -0.05) is 48.5 Å². The van der Waals surface area contributed by atoms with Gasteiger partial charge in [0.1, 0.15) is 0 Å². The number of hydrazone groups is 1. The maximum atomic E-state index is 12.8. The lowest BCUT2D eigenvalue weighted by molar-refractivity contribution is -0.385. The fourth-order valence-electron chi connectivity index (χ4n) is 3.81. The van der Waals surface area contributed by atoms with Crippen molar-refractivity contribution in [3.63, 3.8) is 0 Å². The molecule has 4 aromatic carbocycles. The van der Waals surface area contributed by atoms with Crippen LogP contribution in [0.3, 0.4) is 0 Å². The molecule has 0 unspecified atom stereocenters. The van der Waals surface area contributed by atoms with E-state index in [-0.39, 0.29) is 28.0 Å². The first-order valence-corrected chi connectivity index (χ1v) is 10.4. The van der Waals surface area contributed by atoms with E-state index in [0.29, 0.717) is 10.4 Å². The molecule has 0 bridgehead atoms. The summed E-state index contributed by atoms with van der Waals surface area (Å²) in [5.74, 6) is -2.16. The number of carbonyl (C=O) groups is 3. The van der Waals surface area contributed by atoms with Crippen LogP contribution in [0.25, 0.3) is 10.8 Å². The number of rotatable bonds is 5. The van der Waals surface area contributed by atoms with E-state index in [9.17, 15) is 24.5 Å². The maximum absolute atomic E-state index is 12.8. The summed E-state index contributed by atoms with van der Waals surface area (Å²) in [6, 6.07) is 22.5. The molecule has 0 fully saturated rings. The summed E-state index contributed by atoms with van der Waals surface area (Å²) in [6.45, 7) is 0. The van der Waals surface area contributed by atoms with E-state index in [0.717, 1.165) is 17.7 Å². The van der Waals surface area contributed by atoms with Crippen LogP contribution in [0.2, 0.25) is 0 Å². The Bertz CT molecular complexity index is 1540. The van der Waals surface area contributed by atoms with Crippen LogP contribution in [-0.4, -0.2) is 33.9 Å². The third-order valence-corrected chi connectivity index (χ3v) is 5.49. The Labute approximate surface area is 198 Å². The van der Waals surface area contributed by atoms with Crippen LogP contribution in [0.1, 0.15) is 36.6 Å². The summed E-state index contributed by atoms with van der Waals surface area (Å²) in [6.07, 6.45) is 1.16. The maximum Gasteiger partial charge on any atom is 0.344 e. The molecule has 2 amide bonds. The normalized spacial score (nSPS) is 12.9. The lowest BCUT2D eigenvalue weighted by Gasteiger charge is -2.08. The summed E-state index contributed by atoms with van der Waals surface area (Å²) in [7, 11) is 0. The quantitative estimate of drug-likeness (QED) is 0.106. The topological polar surface area (TPSA) is 119 Å². The standard InChI is InChI=1S/C26H15N3O6/c30-24-19-9-3-4-10-20(19)25(31)28(24)27-15-16-12-13-23(22(14-16)29(33)34)35-26(32)21-11-5-7-17-6-1-2-8-18(17)21/h1-15H/b27-15-. The van der Waals surface area contributed by atoms with Crippen molar-refractivity contribution < 1.29 is 24.0 Å². The van der Waals surface area contributed by atoms with Crippen LogP contribution >= 0.6 is 0 Å². The molecule has 0 saturated heterocycles. The molecule has 9 nitrogen and oxygen atoms in total.